The Balaban J connectivity index is 1.43. The van der Waals surface area contributed by atoms with Gasteiger partial charge in [-0.2, -0.15) is 5.26 Å². The molecule has 0 bridgehead atoms. The second-order valence-corrected chi connectivity index (χ2v) is 10.3. The third kappa shape index (κ3) is 4.49. The number of hydrogen-bond acceptors (Lipinski definition) is 4. The number of nitriles is 1. The largest absolute Gasteiger partial charge is 0.355 e. The Morgan fingerprint density at radius 2 is 1.61 bits per heavy atom. The summed E-state index contributed by atoms with van der Waals surface area (Å²) in [6, 6.07) is 25.2. The molecule has 6 rings (SSSR count). The fourth-order valence-corrected chi connectivity index (χ4v) is 5.61. The molecule has 3 aromatic carbocycles. The third-order valence-corrected chi connectivity index (χ3v) is 7.74. The van der Waals surface area contributed by atoms with Crippen LogP contribution >= 0.6 is 11.6 Å². The van der Waals surface area contributed by atoms with Gasteiger partial charge < -0.3 is 4.90 Å². The van der Waals surface area contributed by atoms with Crippen molar-refractivity contribution in [3.8, 4) is 6.07 Å². The van der Waals surface area contributed by atoms with Crippen molar-refractivity contribution in [2.24, 2.45) is 0 Å². The van der Waals surface area contributed by atoms with Crippen molar-refractivity contribution < 1.29 is 4.39 Å². The van der Waals surface area contributed by atoms with Crippen LogP contribution < -0.4 is 4.90 Å². The van der Waals surface area contributed by atoms with Gasteiger partial charge in [-0.15, -0.1) is 0 Å². The summed E-state index contributed by atoms with van der Waals surface area (Å²) in [7, 11) is 0. The number of imidazole rings is 1. The van der Waals surface area contributed by atoms with Gasteiger partial charge >= 0.3 is 0 Å². The zero-order valence-corrected chi connectivity index (χ0v) is 21.9. The molecule has 0 aliphatic carbocycles. The van der Waals surface area contributed by atoms with Crippen LogP contribution in [0.5, 0.6) is 0 Å². The highest BCUT2D eigenvalue weighted by molar-refractivity contribution is 6.30. The molecule has 1 fully saturated rings. The molecule has 190 valence electrons. The quantitative estimate of drug-likeness (QED) is 0.268. The van der Waals surface area contributed by atoms with Gasteiger partial charge in [0, 0.05) is 49.7 Å². The number of nitrogens with zero attached hydrogens (tertiary/aromatic N) is 5. The Morgan fingerprint density at radius 3 is 2.32 bits per heavy atom. The van der Waals surface area contributed by atoms with E-state index in [0.29, 0.717) is 22.7 Å². The van der Waals surface area contributed by atoms with Crippen molar-refractivity contribution >= 4 is 34.1 Å². The Kier molecular flexibility index (Phi) is 6.49. The van der Waals surface area contributed by atoms with Gasteiger partial charge in [0.25, 0.3) is 0 Å². The van der Waals surface area contributed by atoms with Gasteiger partial charge in [-0.25, -0.2) is 9.37 Å². The van der Waals surface area contributed by atoms with Crippen LogP contribution in [0.2, 0.25) is 5.02 Å². The van der Waals surface area contributed by atoms with E-state index in [0.717, 1.165) is 71.8 Å². The number of pyridine rings is 1. The van der Waals surface area contributed by atoms with Crippen LogP contribution in [0.25, 0.3) is 16.7 Å². The van der Waals surface area contributed by atoms with Crippen molar-refractivity contribution in [1.29, 1.82) is 5.26 Å². The molecule has 1 saturated heterocycles. The Morgan fingerprint density at radius 1 is 0.921 bits per heavy atom. The molecule has 0 unspecified atom stereocenters. The van der Waals surface area contributed by atoms with Crippen LogP contribution in [0, 0.1) is 24.1 Å². The lowest BCUT2D eigenvalue weighted by atomic mass is 9.97. The second-order valence-electron chi connectivity index (χ2n) is 9.87. The molecule has 5 aromatic rings. The lowest BCUT2D eigenvalue weighted by Gasteiger charge is -2.38. The fraction of sp³-hybridized carbons (Fsp3) is 0.226. The van der Waals surface area contributed by atoms with Crippen LogP contribution in [-0.2, 0) is 13.0 Å². The summed E-state index contributed by atoms with van der Waals surface area (Å²) >= 11 is 6.17. The molecule has 2 aromatic heterocycles. The molecule has 38 heavy (non-hydrogen) atoms. The number of para-hydroxylation sites is 2. The monoisotopic (exact) mass is 523 g/mol. The van der Waals surface area contributed by atoms with Crippen molar-refractivity contribution in [2.45, 2.75) is 19.9 Å². The molecule has 1 aliphatic heterocycles. The van der Waals surface area contributed by atoms with Crippen LogP contribution in [0.1, 0.15) is 27.8 Å². The van der Waals surface area contributed by atoms with Crippen molar-refractivity contribution in [3.63, 3.8) is 0 Å². The van der Waals surface area contributed by atoms with Gasteiger partial charge in [0.2, 0.25) is 0 Å². The lowest BCUT2D eigenvalue weighted by molar-refractivity contribution is 0.249. The SMILES string of the molecule is Cc1c(Cc2ccc(Cl)cc2)c(N2CCN(Cc3ccc(F)cc3)CC2)n2c(nc3ccccc32)c1C#N. The smallest absolute Gasteiger partial charge is 0.157 e. The molecule has 0 saturated carbocycles. The molecular weight excluding hydrogens is 497 g/mol. The Hall–Kier alpha value is -3.92. The summed E-state index contributed by atoms with van der Waals surface area (Å²) in [6.45, 7) is 6.26. The zero-order valence-electron chi connectivity index (χ0n) is 21.2. The van der Waals surface area contributed by atoms with E-state index >= 15 is 0 Å². The molecular formula is C31H27ClFN5. The van der Waals surface area contributed by atoms with E-state index in [1.54, 1.807) is 0 Å². The molecule has 1 aliphatic rings. The number of anilines is 1. The van der Waals surface area contributed by atoms with Gasteiger partial charge in [0.1, 0.15) is 17.7 Å². The second kappa shape index (κ2) is 10.1. The summed E-state index contributed by atoms with van der Waals surface area (Å²) < 4.78 is 15.5. The van der Waals surface area contributed by atoms with E-state index in [2.05, 4.69) is 38.5 Å². The summed E-state index contributed by atoms with van der Waals surface area (Å²) in [6.07, 6.45) is 0.686. The Labute approximate surface area is 226 Å². The van der Waals surface area contributed by atoms with Crippen LogP contribution in [-0.4, -0.2) is 40.5 Å². The lowest BCUT2D eigenvalue weighted by Crippen LogP contribution is -2.47. The molecule has 0 spiro atoms. The number of aromatic nitrogens is 2. The average molecular weight is 524 g/mol. The first-order valence-corrected chi connectivity index (χ1v) is 13.2. The predicted molar refractivity (Wildman–Crippen MR) is 150 cm³/mol. The first kappa shape index (κ1) is 24.4. The topological polar surface area (TPSA) is 47.6 Å². The normalized spacial score (nSPS) is 14.3. The van der Waals surface area contributed by atoms with Gasteiger partial charge in [0.05, 0.1) is 16.6 Å². The molecule has 0 atom stereocenters. The number of halogens is 2. The highest BCUT2D eigenvalue weighted by Crippen LogP contribution is 2.35. The predicted octanol–water partition coefficient (Wildman–Crippen LogP) is 6.37. The molecule has 5 nitrogen and oxygen atoms in total. The standard InChI is InChI=1S/C31H27ClFN5/c1-21-26(18-22-6-10-24(32)11-7-22)31(38-29-5-3-2-4-28(29)35-30(38)27(21)19-34)37-16-14-36(15-17-37)20-23-8-12-25(33)13-9-23/h2-13H,14-18,20H2,1H3. The first-order chi connectivity index (χ1) is 18.5. The van der Waals surface area contributed by atoms with E-state index in [-0.39, 0.29) is 5.82 Å². The van der Waals surface area contributed by atoms with Crippen molar-refractivity contribution in [1.82, 2.24) is 14.3 Å². The molecule has 0 radical (unpaired) electrons. The van der Waals surface area contributed by atoms with E-state index in [1.165, 1.54) is 12.1 Å². The number of rotatable bonds is 5. The number of hydrogen-bond donors (Lipinski definition) is 0. The molecule has 7 heteroatoms. The van der Waals surface area contributed by atoms with Gasteiger partial charge in [-0.1, -0.05) is 48.0 Å². The zero-order chi connectivity index (χ0) is 26.2. The van der Waals surface area contributed by atoms with Gasteiger partial charge in [-0.3, -0.25) is 9.30 Å². The van der Waals surface area contributed by atoms with E-state index < -0.39 is 0 Å². The van der Waals surface area contributed by atoms with Crippen LogP contribution in [0.15, 0.2) is 72.8 Å². The number of benzene rings is 3. The minimum absolute atomic E-state index is 0.209. The van der Waals surface area contributed by atoms with E-state index in [1.807, 2.05) is 49.4 Å². The van der Waals surface area contributed by atoms with E-state index in [4.69, 9.17) is 16.6 Å². The van der Waals surface area contributed by atoms with Crippen LogP contribution in [0.3, 0.4) is 0 Å². The minimum Gasteiger partial charge on any atom is -0.355 e. The summed E-state index contributed by atoms with van der Waals surface area (Å²) in [4.78, 5) is 9.73. The molecule has 0 N–H and O–H groups in total. The van der Waals surface area contributed by atoms with Gasteiger partial charge in [0.15, 0.2) is 5.65 Å². The maximum atomic E-state index is 13.4. The van der Waals surface area contributed by atoms with Crippen molar-refractivity contribution in [2.75, 3.05) is 31.1 Å². The minimum atomic E-state index is -0.209. The van der Waals surface area contributed by atoms with Gasteiger partial charge in [-0.05, 0) is 60.0 Å². The number of piperazine rings is 1. The third-order valence-electron chi connectivity index (χ3n) is 7.49. The summed E-state index contributed by atoms with van der Waals surface area (Å²) in [5, 5.41) is 10.9. The Bertz CT molecular complexity index is 1660. The van der Waals surface area contributed by atoms with E-state index in [9.17, 15) is 9.65 Å². The number of fused-ring (bicyclic) bond motifs is 3. The highest BCUT2D eigenvalue weighted by Gasteiger charge is 2.27. The molecule has 3 heterocycles. The highest BCUT2D eigenvalue weighted by atomic mass is 35.5. The molecule has 0 amide bonds. The fourth-order valence-electron chi connectivity index (χ4n) is 5.48. The first-order valence-electron chi connectivity index (χ1n) is 12.8. The maximum absolute atomic E-state index is 13.4. The summed E-state index contributed by atoms with van der Waals surface area (Å²) in [5.74, 6) is 0.890. The van der Waals surface area contributed by atoms with Crippen LogP contribution in [0.4, 0.5) is 10.2 Å². The average Bonchev–Trinajstić information content (AvgIpc) is 3.31. The summed E-state index contributed by atoms with van der Waals surface area (Å²) in [5.41, 5.74) is 7.55. The van der Waals surface area contributed by atoms with Crippen molar-refractivity contribution in [3.05, 3.63) is 111 Å². The maximum Gasteiger partial charge on any atom is 0.157 e.